The molecule has 1 aliphatic rings. The van der Waals surface area contributed by atoms with E-state index >= 15 is 0 Å². The molecule has 4 aromatic rings. The molecule has 6 heteroatoms. The zero-order chi connectivity index (χ0) is 19.1. The van der Waals surface area contributed by atoms with Gasteiger partial charge in [-0.3, -0.25) is 14.8 Å². The van der Waals surface area contributed by atoms with Gasteiger partial charge in [-0.05, 0) is 41.5 Å². The van der Waals surface area contributed by atoms with Crippen molar-refractivity contribution in [3.05, 3.63) is 99.8 Å². The maximum absolute atomic E-state index is 13.1. The number of benzene rings is 2. The molecule has 28 heavy (non-hydrogen) atoms. The van der Waals surface area contributed by atoms with Crippen LogP contribution in [0.2, 0.25) is 0 Å². The van der Waals surface area contributed by atoms with E-state index in [1.54, 1.807) is 18.3 Å². The number of oxazole rings is 1. The van der Waals surface area contributed by atoms with E-state index in [1.807, 2.05) is 53.4 Å². The van der Waals surface area contributed by atoms with Gasteiger partial charge in [0.15, 0.2) is 5.58 Å². The van der Waals surface area contributed by atoms with Gasteiger partial charge in [0, 0.05) is 30.4 Å². The van der Waals surface area contributed by atoms with Gasteiger partial charge in [-0.2, -0.15) is 0 Å². The Labute approximate surface area is 160 Å². The van der Waals surface area contributed by atoms with Crippen LogP contribution in [0.15, 0.2) is 76.1 Å². The highest BCUT2D eigenvalue weighted by atomic mass is 16.4. The van der Waals surface area contributed by atoms with Crippen molar-refractivity contribution in [3.8, 4) is 0 Å². The number of rotatable bonds is 4. The zero-order valence-electron chi connectivity index (χ0n) is 15.0. The number of aromatic nitrogens is 2. The lowest BCUT2D eigenvalue weighted by atomic mass is 10.0. The lowest BCUT2D eigenvalue weighted by Gasteiger charge is -2.25. The van der Waals surface area contributed by atoms with E-state index in [0.717, 1.165) is 22.4 Å². The molecule has 0 saturated heterocycles. The molecular formula is C22H17N3O3. The number of hydrogen-bond donors (Lipinski definition) is 1. The number of H-pyrrole nitrogens is 1. The number of nitrogens with zero attached hydrogens (tertiary/aromatic N) is 2. The van der Waals surface area contributed by atoms with Crippen LogP contribution in [0.5, 0.6) is 0 Å². The van der Waals surface area contributed by atoms with Crippen LogP contribution in [-0.4, -0.2) is 20.8 Å². The third-order valence-corrected chi connectivity index (χ3v) is 5.15. The number of carbonyl (C=O) groups excluding carboxylic acids is 1. The molecule has 0 saturated carbocycles. The Morgan fingerprint density at radius 2 is 1.89 bits per heavy atom. The lowest BCUT2D eigenvalue weighted by molar-refractivity contribution is 0.0708. The van der Waals surface area contributed by atoms with Crippen molar-refractivity contribution >= 4 is 17.0 Å². The highest BCUT2D eigenvalue weighted by Gasteiger charge is 2.36. The Morgan fingerprint density at radius 3 is 2.75 bits per heavy atom. The Balaban J connectivity index is 1.51. The van der Waals surface area contributed by atoms with E-state index in [4.69, 9.17) is 4.42 Å². The SMILES string of the molecule is O=C1c2ccccc2C(Cc2ccccn2)N1Cc1ccc2[nH]c(=O)oc2c1. The van der Waals surface area contributed by atoms with Crippen molar-refractivity contribution in [1.82, 2.24) is 14.9 Å². The third kappa shape index (κ3) is 2.79. The van der Waals surface area contributed by atoms with Crippen molar-refractivity contribution < 1.29 is 9.21 Å². The Bertz CT molecular complexity index is 1230. The second-order valence-electron chi connectivity index (χ2n) is 6.91. The molecule has 1 atom stereocenters. The molecule has 2 aromatic heterocycles. The first-order valence-electron chi connectivity index (χ1n) is 9.10. The van der Waals surface area contributed by atoms with Crippen molar-refractivity contribution in [2.24, 2.45) is 0 Å². The molecular weight excluding hydrogens is 354 g/mol. The number of hydrogen-bond acceptors (Lipinski definition) is 4. The lowest BCUT2D eigenvalue weighted by Crippen LogP contribution is -2.29. The number of pyridine rings is 1. The van der Waals surface area contributed by atoms with Crippen LogP contribution in [0, 0.1) is 0 Å². The molecule has 1 N–H and O–H groups in total. The van der Waals surface area contributed by atoms with Crippen LogP contribution in [0.4, 0.5) is 0 Å². The highest BCUT2D eigenvalue weighted by Crippen LogP contribution is 2.36. The van der Waals surface area contributed by atoms with Gasteiger partial charge in [-0.15, -0.1) is 0 Å². The van der Waals surface area contributed by atoms with Gasteiger partial charge in [-0.25, -0.2) is 4.79 Å². The molecule has 5 rings (SSSR count). The van der Waals surface area contributed by atoms with Crippen LogP contribution in [0.25, 0.3) is 11.1 Å². The summed E-state index contributed by atoms with van der Waals surface area (Å²) in [4.78, 5) is 33.4. The molecule has 138 valence electrons. The summed E-state index contributed by atoms with van der Waals surface area (Å²) < 4.78 is 5.16. The molecule has 1 unspecified atom stereocenters. The van der Waals surface area contributed by atoms with E-state index in [2.05, 4.69) is 9.97 Å². The predicted molar refractivity (Wildman–Crippen MR) is 104 cm³/mol. The Kier molecular flexibility index (Phi) is 3.83. The number of amides is 1. The zero-order valence-corrected chi connectivity index (χ0v) is 15.0. The summed E-state index contributed by atoms with van der Waals surface area (Å²) in [6.07, 6.45) is 2.41. The first-order chi connectivity index (χ1) is 13.7. The first-order valence-corrected chi connectivity index (χ1v) is 9.10. The minimum atomic E-state index is -0.482. The summed E-state index contributed by atoms with van der Waals surface area (Å²) in [5, 5.41) is 0. The van der Waals surface area contributed by atoms with Gasteiger partial charge in [-0.1, -0.05) is 30.3 Å². The molecule has 0 aliphatic carbocycles. The van der Waals surface area contributed by atoms with E-state index in [1.165, 1.54) is 0 Å². The summed E-state index contributed by atoms with van der Waals surface area (Å²) >= 11 is 0. The minimum absolute atomic E-state index is 0.00662. The quantitative estimate of drug-likeness (QED) is 0.596. The fourth-order valence-electron chi connectivity index (χ4n) is 3.85. The summed E-state index contributed by atoms with van der Waals surface area (Å²) in [5.41, 5.74) is 4.74. The summed E-state index contributed by atoms with van der Waals surface area (Å²) in [5.74, 6) is -0.475. The second kappa shape index (κ2) is 6.49. The van der Waals surface area contributed by atoms with Crippen molar-refractivity contribution in [3.63, 3.8) is 0 Å². The summed E-state index contributed by atoms with van der Waals surface area (Å²) in [6.45, 7) is 0.426. The fraction of sp³-hybridized carbons (Fsp3) is 0.136. The molecule has 0 radical (unpaired) electrons. The van der Waals surface area contributed by atoms with Crippen molar-refractivity contribution in [2.45, 2.75) is 19.0 Å². The smallest absolute Gasteiger partial charge is 0.408 e. The van der Waals surface area contributed by atoms with Crippen LogP contribution in [0.1, 0.15) is 33.2 Å². The Morgan fingerprint density at radius 1 is 1.04 bits per heavy atom. The van der Waals surface area contributed by atoms with Gasteiger partial charge >= 0.3 is 5.76 Å². The van der Waals surface area contributed by atoms with Gasteiger partial charge in [0.1, 0.15) is 0 Å². The van der Waals surface area contributed by atoms with Crippen LogP contribution in [0.3, 0.4) is 0 Å². The summed E-state index contributed by atoms with van der Waals surface area (Å²) in [6, 6.07) is 19.0. The molecule has 0 bridgehead atoms. The van der Waals surface area contributed by atoms with Gasteiger partial charge in [0.25, 0.3) is 5.91 Å². The number of carbonyl (C=O) groups is 1. The van der Waals surface area contributed by atoms with Crippen LogP contribution < -0.4 is 5.76 Å². The molecule has 3 heterocycles. The number of nitrogens with one attached hydrogen (secondary N) is 1. The number of aromatic amines is 1. The topological polar surface area (TPSA) is 79.2 Å². The van der Waals surface area contributed by atoms with E-state index in [9.17, 15) is 9.59 Å². The number of fused-ring (bicyclic) bond motifs is 2. The van der Waals surface area contributed by atoms with E-state index in [-0.39, 0.29) is 11.9 Å². The molecule has 1 aliphatic heterocycles. The highest BCUT2D eigenvalue weighted by molar-refractivity contribution is 5.99. The van der Waals surface area contributed by atoms with Crippen molar-refractivity contribution in [1.29, 1.82) is 0 Å². The van der Waals surface area contributed by atoms with Gasteiger partial charge in [0.05, 0.1) is 11.6 Å². The average Bonchev–Trinajstić information content (AvgIpc) is 3.21. The maximum atomic E-state index is 13.1. The largest absolute Gasteiger partial charge is 0.417 e. The van der Waals surface area contributed by atoms with Gasteiger partial charge in [0.2, 0.25) is 0 Å². The molecule has 0 spiro atoms. The standard InChI is InChI=1S/C22H17N3O3/c26-21-17-7-2-1-6-16(17)19(12-15-5-3-4-10-23-15)25(21)13-14-8-9-18-20(11-14)28-22(27)24-18/h1-11,19H,12-13H2,(H,24,27). The third-order valence-electron chi connectivity index (χ3n) is 5.15. The van der Waals surface area contributed by atoms with Gasteiger partial charge < -0.3 is 9.32 Å². The maximum Gasteiger partial charge on any atom is 0.417 e. The average molecular weight is 371 g/mol. The first kappa shape index (κ1) is 16.5. The fourth-order valence-corrected chi connectivity index (χ4v) is 3.85. The molecule has 1 amide bonds. The summed E-state index contributed by atoms with van der Waals surface area (Å²) in [7, 11) is 0. The van der Waals surface area contributed by atoms with E-state index in [0.29, 0.717) is 24.1 Å². The Hall–Kier alpha value is -3.67. The molecule has 0 fully saturated rings. The monoisotopic (exact) mass is 371 g/mol. The molecule has 6 nitrogen and oxygen atoms in total. The predicted octanol–water partition coefficient (Wildman–Crippen LogP) is 3.46. The van der Waals surface area contributed by atoms with Crippen LogP contribution >= 0.6 is 0 Å². The normalized spacial score (nSPS) is 15.9. The van der Waals surface area contributed by atoms with Crippen LogP contribution in [-0.2, 0) is 13.0 Å². The second-order valence-corrected chi connectivity index (χ2v) is 6.91. The minimum Gasteiger partial charge on any atom is -0.408 e. The molecule has 2 aromatic carbocycles. The van der Waals surface area contributed by atoms with Crippen molar-refractivity contribution in [2.75, 3.05) is 0 Å². The van der Waals surface area contributed by atoms with E-state index < -0.39 is 5.76 Å².